The van der Waals surface area contributed by atoms with Crippen LogP contribution in [-0.2, 0) is 13.0 Å². The van der Waals surface area contributed by atoms with Gasteiger partial charge in [-0.2, -0.15) is 0 Å². The summed E-state index contributed by atoms with van der Waals surface area (Å²) in [6.45, 7) is 0.988. The van der Waals surface area contributed by atoms with Gasteiger partial charge in [0.05, 0.1) is 0 Å². The Bertz CT molecular complexity index is 558. The Morgan fingerprint density at radius 2 is 1.79 bits per heavy atom. The Hall–Kier alpha value is -1.22. The first-order chi connectivity index (χ1) is 9.20. The van der Waals surface area contributed by atoms with Crippen LogP contribution in [0.1, 0.15) is 11.1 Å². The fraction of sp³-hybridized carbons (Fsp3) is 0.200. The van der Waals surface area contributed by atoms with Crippen LogP contribution >= 0.6 is 23.2 Å². The average Bonchev–Trinajstić information content (AvgIpc) is 2.40. The fourth-order valence-electron chi connectivity index (χ4n) is 1.81. The number of ether oxygens (including phenoxy) is 1. The van der Waals surface area contributed by atoms with Crippen LogP contribution in [0, 0.1) is 0 Å². The van der Waals surface area contributed by atoms with Gasteiger partial charge < -0.3 is 10.5 Å². The van der Waals surface area contributed by atoms with Crippen molar-refractivity contribution in [1.29, 1.82) is 0 Å². The lowest BCUT2D eigenvalue weighted by atomic mass is 10.1. The van der Waals surface area contributed by atoms with Crippen LogP contribution in [0.3, 0.4) is 0 Å². The van der Waals surface area contributed by atoms with Gasteiger partial charge in [-0.15, -0.1) is 0 Å². The van der Waals surface area contributed by atoms with Gasteiger partial charge in [0.1, 0.15) is 12.4 Å². The average molecular weight is 296 g/mol. The van der Waals surface area contributed by atoms with Crippen LogP contribution in [0.25, 0.3) is 0 Å². The maximum atomic E-state index is 6.10. The first-order valence-corrected chi connectivity index (χ1v) is 6.81. The third-order valence-corrected chi connectivity index (χ3v) is 3.38. The van der Waals surface area contributed by atoms with Gasteiger partial charge >= 0.3 is 0 Å². The van der Waals surface area contributed by atoms with E-state index in [1.807, 2.05) is 42.5 Å². The van der Waals surface area contributed by atoms with E-state index in [2.05, 4.69) is 0 Å². The molecule has 0 amide bonds. The molecule has 2 nitrogen and oxygen atoms in total. The molecule has 0 atom stereocenters. The number of hydrogen-bond acceptors (Lipinski definition) is 2. The predicted molar refractivity (Wildman–Crippen MR) is 80.0 cm³/mol. The number of rotatable bonds is 5. The second-order valence-electron chi connectivity index (χ2n) is 4.17. The maximum absolute atomic E-state index is 6.10. The molecule has 0 spiro atoms. The molecular formula is C15H15Cl2NO. The molecule has 2 N–H and O–H groups in total. The quantitative estimate of drug-likeness (QED) is 0.902. The molecule has 0 radical (unpaired) electrons. The highest BCUT2D eigenvalue weighted by atomic mass is 35.5. The van der Waals surface area contributed by atoms with Gasteiger partial charge in [-0.3, -0.25) is 0 Å². The molecule has 0 bridgehead atoms. The molecule has 100 valence electrons. The zero-order valence-corrected chi connectivity index (χ0v) is 11.9. The molecule has 0 saturated heterocycles. The summed E-state index contributed by atoms with van der Waals surface area (Å²) >= 11 is 12.1. The van der Waals surface area contributed by atoms with Gasteiger partial charge in [0.25, 0.3) is 0 Å². The Kier molecular flexibility index (Phi) is 5.08. The van der Waals surface area contributed by atoms with Crippen LogP contribution in [0.2, 0.25) is 10.0 Å². The van der Waals surface area contributed by atoms with E-state index in [1.165, 1.54) is 0 Å². The second kappa shape index (κ2) is 6.80. The largest absolute Gasteiger partial charge is 0.489 e. The first-order valence-electron chi connectivity index (χ1n) is 6.05. The maximum Gasteiger partial charge on any atom is 0.123 e. The SMILES string of the molecule is NCCc1cc(Cl)ccc1OCc1ccccc1Cl. The van der Waals surface area contributed by atoms with Crippen molar-refractivity contribution >= 4 is 23.2 Å². The molecule has 2 rings (SSSR count). The molecule has 0 unspecified atom stereocenters. The third kappa shape index (κ3) is 3.87. The Balaban J connectivity index is 2.13. The van der Waals surface area contributed by atoms with E-state index >= 15 is 0 Å². The van der Waals surface area contributed by atoms with Gasteiger partial charge in [-0.25, -0.2) is 0 Å². The first kappa shape index (κ1) is 14.2. The smallest absolute Gasteiger partial charge is 0.123 e. The molecule has 0 aromatic heterocycles. The van der Waals surface area contributed by atoms with E-state index in [-0.39, 0.29) is 0 Å². The highest BCUT2D eigenvalue weighted by Crippen LogP contribution is 2.25. The summed E-state index contributed by atoms with van der Waals surface area (Å²) in [4.78, 5) is 0. The van der Waals surface area contributed by atoms with E-state index in [9.17, 15) is 0 Å². The molecule has 19 heavy (non-hydrogen) atoms. The van der Waals surface area contributed by atoms with E-state index in [0.29, 0.717) is 23.2 Å². The lowest BCUT2D eigenvalue weighted by Gasteiger charge is -2.12. The summed E-state index contributed by atoms with van der Waals surface area (Å²) in [7, 11) is 0. The standard InChI is InChI=1S/C15H15Cl2NO/c16-13-5-6-15(11(9-13)7-8-18)19-10-12-3-1-2-4-14(12)17/h1-6,9H,7-8,10,18H2. The molecule has 0 saturated carbocycles. The number of hydrogen-bond donors (Lipinski definition) is 1. The lowest BCUT2D eigenvalue weighted by molar-refractivity contribution is 0.303. The van der Waals surface area contributed by atoms with Gasteiger partial charge in [-0.05, 0) is 42.8 Å². The summed E-state index contributed by atoms with van der Waals surface area (Å²) in [6, 6.07) is 13.2. The molecule has 0 aliphatic rings. The zero-order valence-electron chi connectivity index (χ0n) is 10.4. The number of nitrogens with two attached hydrogens (primary N) is 1. The van der Waals surface area contributed by atoms with Crippen LogP contribution in [0.4, 0.5) is 0 Å². The molecule has 4 heteroatoms. The molecule has 2 aromatic rings. The van der Waals surface area contributed by atoms with Crippen molar-refractivity contribution in [3.63, 3.8) is 0 Å². The van der Waals surface area contributed by atoms with Crippen LogP contribution in [-0.4, -0.2) is 6.54 Å². The van der Waals surface area contributed by atoms with E-state index in [4.69, 9.17) is 33.7 Å². The van der Waals surface area contributed by atoms with Gasteiger partial charge in [-0.1, -0.05) is 41.4 Å². The van der Waals surface area contributed by atoms with E-state index in [1.54, 1.807) is 0 Å². The van der Waals surface area contributed by atoms with Crippen molar-refractivity contribution in [3.8, 4) is 5.75 Å². The minimum absolute atomic E-state index is 0.429. The summed E-state index contributed by atoms with van der Waals surface area (Å²) in [5, 5.41) is 1.39. The van der Waals surface area contributed by atoms with E-state index in [0.717, 1.165) is 23.3 Å². The summed E-state index contributed by atoms with van der Waals surface area (Å²) < 4.78 is 5.81. The summed E-state index contributed by atoms with van der Waals surface area (Å²) in [6.07, 6.45) is 0.735. The van der Waals surface area contributed by atoms with E-state index < -0.39 is 0 Å². The van der Waals surface area contributed by atoms with Gasteiger partial charge in [0.15, 0.2) is 0 Å². The van der Waals surface area contributed by atoms with Crippen LogP contribution < -0.4 is 10.5 Å². The third-order valence-electron chi connectivity index (χ3n) is 2.78. The second-order valence-corrected chi connectivity index (χ2v) is 5.01. The summed E-state index contributed by atoms with van der Waals surface area (Å²) in [5.74, 6) is 0.801. The van der Waals surface area contributed by atoms with Crippen molar-refractivity contribution in [2.45, 2.75) is 13.0 Å². The molecule has 2 aromatic carbocycles. The topological polar surface area (TPSA) is 35.2 Å². The Labute approximate surface area is 123 Å². The monoisotopic (exact) mass is 295 g/mol. The number of benzene rings is 2. The summed E-state index contributed by atoms with van der Waals surface area (Å²) in [5.41, 5.74) is 7.56. The normalized spacial score (nSPS) is 10.5. The van der Waals surface area contributed by atoms with Gasteiger partial charge in [0, 0.05) is 15.6 Å². The predicted octanol–water partition coefficient (Wildman–Crippen LogP) is 4.07. The molecule has 0 aliphatic carbocycles. The van der Waals surface area contributed by atoms with Crippen molar-refractivity contribution in [2.24, 2.45) is 5.73 Å². The molecule has 0 aliphatic heterocycles. The van der Waals surface area contributed by atoms with Gasteiger partial charge in [0.2, 0.25) is 0 Å². The molecular weight excluding hydrogens is 281 g/mol. The van der Waals surface area contributed by atoms with Crippen molar-refractivity contribution in [1.82, 2.24) is 0 Å². The number of halogens is 2. The molecule has 0 fully saturated rings. The minimum atomic E-state index is 0.429. The Morgan fingerprint density at radius 1 is 1.00 bits per heavy atom. The van der Waals surface area contributed by atoms with Crippen LogP contribution in [0.15, 0.2) is 42.5 Å². The lowest BCUT2D eigenvalue weighted by Crippen LogP contribution is -2.05. The Morgan fingerprint density at radius 3 is 2.53 bits per heavy atom. The highest BCUT2D eigenvalue weighted by Gasteiger charge is 2.06. The zero-order chi connectivity index (χ0) is 13.7. The highest BCUT2D eigenvalue weighted by molar-refractivity contribution is 6.31. The minimum Gasteiger partial charge on any atom is -0.489 e. The van der Waals surface area contributed by atoms with Crippen molar-refractivity contribution in [2.75, 3.05) is 6.54 Å². The fourth-order valence-corrected chi connectivity index (χ4v) is 2.20. The molecule has 0 heterocycles. The van der Waals surface area contributed by atoms with Crippen molar-refractivity contribution in [3.05, 3.63) is 63.6 Å². The van der Waals surface area contributed by atoms with Crippen LogP contribution in [0.5, 0.6) is 5.75 Å². The van der Waals surface area contributed by atoms with Crippen molar-refractivity contribution < 1.29 is 4.74 Å².